The minimum Gasteiger partial charge on any atom is -0.371 e. The lowest BCUT2D eigenvalue weighted by Gasteiger charge is -1.98. The molecule has 0 aromatic carbocycles. The summed E-state index contributed by atoms with van der Waals surface area (Å²) in [6.45, 7) is 5.61. The predicted octanol–water partition coefficient (Wildman–Crippen LogP) is 0.907. The van der Waals surface area contributed by atoms with E-state index in [0.29, 0.717) is 0 Å². The lowest BCUT2D eigenvalue weighted by molar-refractivity contribution is 0.959. The van der Waals surface area contributed by atoms with E-state index < -0.39 is 0 Å². The Morgan fingerprint density at radius 2 is 2.70 bits per heavy atom. The third kappa shape index (κ3) is 2.43. The van der Waals surface area contributed by atoms with Crippen LogP contribution in [-0.4, -0.2) is 30.4 Å². The van der Waals surface area contributed by atoms with Gasteiger partial charge in [0.2, 0.25) is 0 Å². The Kier molecular flexibility index (Phi) is 3.36. The summed E-state index contributed by atoms with van der Waals surface area (Å²) in [4.78, 5) is 4.26. The van der Waals surface area contributed by atoms with Gasteiger partial charge in [-0.3, -0.25) is 4.99 Å². The van der Waals surface area contributed by atoms with E-state index in [0.717, 1.165) is 30.4 Å². The Hall–Kier alpha value is -0.440. The van der Waals surface area contributed by atoms with Crippen molar-refractivity contribution in [3.63, 3.8) is 0 Å². The Bertz CT molecular complexity index is 143. The van der Waals surface area contributed by atoms with Crippen molar-refractivity contribution in [3.8, 4) is 0 Å². The summed E-state index contributed by atoms with van der Waals surface area (Å²) in [7, 11) is 0. The first-order valence-electron chi connectivity index (χ1n) is 3.39. The van der Waals surface area contributed by atoms with E-state index >= 15 is 0 Å². The first-order chi connectivity index (χ1) is 4.93. The van der Waals surface area contributed by atoms with Crippen LogP contribution >= 0.6 is 11.8 Å². The van der Waals surface area contributed by atoms with E-state index in [1.807, 2.05) is 17.8 Å². The molecule has 0 spiro atoms. The van der Waals surface area contributed by atoms with Crippen molar-refractivity contribution in [1.82, 2.24) is 5.32 Å². The second-order valence-corrected chi connectivity index (χ2v) is 3.09. The maximum atomic E-state index is 4.26. The molecule has 1 rings (SSSR count). The normalized spacial score (nSPS) is 16.2. The molecule has 1 aliphatic heterocycles. The van der Waals surface area contributed by atoms with Crippen molar-refractivity contribution < 1.29 is 0 Å². The summed E-state index contributed by atoms with van der Waals surface area (Å²) < 4.78 is 0. The fourth-order valence-corrected chi connectivity index (χ4v) is 1.45. The molecule has 0 radical (unpaired) electrons. The van der Waals surface area contributed by atoms with Crippen LogP contribution in [0, 0.1) is 0 Å². The molecular formula is C7H12N2S. The average molecular weight is 156 g/mol. The zero-order valence-electron chi connectivity index (χ0n) is 5.97. The van der Waals surface area contributed by atoms with Gasteiger partial charge in [-0.05, 0) is 0 Å². The van der Waals surface area contributed by atoms with Crippen molar-refractivity contribution in [1.29, 1.82) is 0 Å². The summed E-state index contributed by atoms with van der Waals surface area (Å²) in [5, 5.41) is 3.21. The van der Waals surface area contributed by atoms with E-state index in [-0.39, 0.29) is 0 Å². The molecule has 3 heteroatoms. The Balaban J connectivity index is 2.06. The monoisotopic (exact) mass is 156 g/mol. The van der Waals surface area contributed by atoms with Gasteiger partial charge in [-0.1, -0.05) is 6.08 Å². The van der Waals surface area contributed by atoms with Gasteiger partial charge in [0, 0.05) is 12.3 Å². The lowest BCUT2D eigenvalue weighted by atomic mass is 10.7. The van der Waals surface area contributed by atoms with Crippen molar-refractivity contribution >= 4 is 17.6 Å². The highest BCUT2D eigenvalue weighted by molar-refractivity contribution is 8.00. The smallest absolute Gasteiger partial charge is 0.106 e. The molecule has 0 bridgehead atoms. The van der Waals surface area contributed by atoms with Crippen molar-refractivity contribution in [2.24, 2.45) is 4.99 Å². The van der Waals surface area contributed by atoms with Gasteiger partial charge in [0.25, 0.3) is 0 Å². The Labute approximate surface area is 65.8 Å². The van der Waals surface area contributed by atoms with Gasteiger partial charge in [0.05, 0.1) is 12.3 Å². The number of nitrogens with one attached hydrogen (secondary N) is 1. The zero-order valence-corrected chi connectivity index (χ0v) is 6.78. The summed E-state index contributed by atoms with van der Waals surface area (Å²) in [5.74, 6) is 3.17. The van der Waals surface area contributed by atoms with Crippen molar-refractivity contribution in [3.05, 3.63) is 12.7 Å². The molecule has 0 atom stereocenters. The molecule has 0 saturated carbocycles. The molecule has 1 N–H and O–H groups in total. The molecule has 10 heavy (non-hydrogen) atoms. The van der Waals surface area contributed by atoms with Crippen LogP contribution in [0.3, 0.4) is 0 Å². The molecule has 56 valence electrons. The van der Waals surface area contributed by atoms with Gasteiger partial charge in [-0.25, -0.2) is 0 Å². The molecule has 0 amide bonds. The molecule has 1 aliphatic rings. The van der Waals surface area contributed by atoms with Crippen LogP contribution in [0.4, 0.5) is 0 Å². The fraction of sp³-hybridized carbons (Fsp3) is 0.571. The van der Waals surface area contributed by atoms with Gasteiger partial charge in [-0.15, -0.1) is 18.3 Å². The maximum absolute atomic E-state index is 4.26. The molecule has 2 nitrogen and oxygen atoms in total. The molecule has 0 unspecified atom stereocenters. The quantitative estimate of drug-likeness (QED) is 0.483. The van der Waals surface area contributed by atoms with Crippen LogP contribution in [0.1, 0.15) is 0 Å². The van der Waals surface area contributed by atoms with E-state index in [2.05, 4.69) is 16.9 Å². The summed E-state index contributed by atoms with van der Waals surface area (Å²) in [5.41, 5.74) is 0. The molecule has 1 heterocycles. The number of hydrogen-bond donors (Lipinski definition) is 1. The SMILES string of the molecule is C=CCSCC1=NCCN1. The van der Waals surface area contributed by atoms with Gasteiger partial charge in [0.1, 0.15) is 5.84 Å². The minimum atomic E-state index is 0.948. The van der Waals surface area contributed by atoms with Gasteiger partial charge >= 0.3 is 0 Å². The molecule has 0 aliphatic carbocycles. The fourth-order valence-electron chi connectivity index (χ4n) is 0.783. The molecule has 0 aromatic rings. The topological polar surface area (TPSA) is 24.4 Å². The standard InChI is InChI=1S/C7H12N2S/c1-2-5-10-6-7-8-3-4-9-7/h2H,1,3-6H2,(H,8,9). The van der Waals surface area contributed by atoms with Crippen LogP contribution in [-0.2, 0) is 0 Å². The van der Waals surface area contributed by atoms with E-state index in [4.69, 9.17) is 0 Å². The van der Waals surface area contributed by atoms with E-state index in [1.54, 1.807) is 0 Å². The lowest BCUT2D eigenvalue weighted by Crippen LogP contribution is -2.20. The third-order valence-electron chi connectivity index (χ3n) is 1.22. The number of thioether (sulfide) groups is 1. The molecule has 0 aromatic heterocycles. The highest BCUT2D eigenvalue weighted by Gasteiger charge is 2.02. The van der Waals surface area contributed by atoms with Crippen LogP contribution in [0.25, 0.3) is 0 Å². The summed E-state index contributed by atoms with van der Waals surface area (Å²) in [6, 6.07) is 0. The largest absolute Gasteiger partial charge is 0.371 e. The van der Waals surface area contributed by atoms with Crippen LogP contribution < -0.4 is 5.32 Å². The van der Waals surface area contributed by atoms with E-state index in [1.165, 1.54) is 0 Å². The minimum absolute atomic E-state index is 0.948. The highest BCUT2D eigenvalue weighted by Crippen LogP contribution is 2.01. The number of aliphatic imine (C=N–C) groups is 1. The maximum Gasteiger partial charge on any atom is 0.106 e. The number of nitrogens with zero attached hydrogens (tertiary/aromatic N) is 1. The molecule has 0 fully saturated rings. The third-order valence-corrected chi connectivity index (χ3v) is 2.17. The van der Waals surface area contributed by atoms with Gasteiger partial charge < -0.3 is 5.32 Å². The van der Waals surface area contributed by atoms with Gasteiger partial charge in [-0.2, -0.15) is 0 Å². The highest BCUT2D eigenvalue weighted by atomic mass is 32.2. The second kappa shape index (κ2) is 4.39. The number of rotatable bonds is 4. The van der Waals surface area contributed by atoms with Crippen molar-refractivity contribution in [2.75, 3.05) is 24.6 Å². The van der Waals surface area contributed by atoms with E-state index in [9.17, 15) is 0 Å². The van der Waals surface area contributed by atoms with Gasteiger partial charge in [0.15, 0.2) is 0 Å². The number of hydrogen-bond acceptors (Lipinski definition) is 3. The first kappa shape index (κ1) is 7.66. The Morgan fingerprint density at radius 1 is 1.80 bits per heavy atom. The van der Waals surface area contributed by atoms with Crippen LogP contribution in [0.5, 0.6) is 0 Å². The Morgan fingerprint density at radius 3 is 3.30 bits per heavy atom. The first-order valence-corrected chi connectivity index (χ1v) is 4.55. The predicted molar refractivity (Wildman–Crippen MR) is 47.8 cm³/mol. The molecule has 0 saturated heterocycles. The number of amidine groups is 1. The molecular weight excluding hydrogens is 144 g/mol. The average Bonchev–Trinajstić information content (AvgIpc) is 2.41. The second-order valence-electron chi connectivity index (χ2n) is 2.06. The van der Waals surface area contributed by atoms with Crippen LogP contribution in [0.15, 0.2) is 17.6 Å². The van der Waals surface area contributed by atoms with Crippen LogP contribution in [0.2, 0.25) is 0 Å². The zero-order chi connectivity index (χ0) is 7.23. The summed E-state index contributed by atoms with van der Waals surface area (Å²) >= 11 is 1.84. The summed E-state index contributed by atoms with van der Waals surface area (Å²) in [6.07, 6.45) is 1.92. The van der Waals surface area contributed by atoms with Crippen molar-refractivity contribution in [2.45, 2.75) is 0 Å².